The molecular formula is C23H20BFN2O7. The highest BCUT2D eigenvalue weighted by Gasteiger charge is 2.57. The standard InChI is InChI=1S/C23H20BFN2O7/c1-11-7-16-20(23(30)26(22(16)29)13-3-2-4-14(9-13)27(32)33)15-10-19(34-24(31)21(11)15)12-5-6-18(28)17(25)8-12/h2-6,8-9,15-16,19-20,28,31H,7,10H2,1H3/t15-,16-,19-,20+/m0/s1. The Labute approximate surface area is 193 Å². The lowest BCUT2D eigenvalue weighted by Gasteiger charge is -2.41. The second kappa shape index (κ2) is 8.03. The molecule has 2 heterocycles. The van der Waals surface area contributed by atoms with Gasteiger partial charge in [-0.15, -0.1) is 0 Å². The van der Waals surface area contributed by atoms with Crippen LogP contribution in [-0.2, 0) is 14.2 Å². The third kappa shape index (κ3) is 3.39. The van der Waals surface area contributed by atoms with Crippen LogP contribution in [0.25, 0.3) is 0 Å². The molecule has 0 radical (unpaired) electrons. The summed E-state index contributed by atoms with van der Waals surface area (Å²) >= 11 is 0. The zero-order chi connectivity index (χ0) is 24.3. The average molecular weight is 466 g/mol. The Morgan fingerprint density at radius 3 is 2.65 bits per heavy atom. The highest BCUT2D eigenvalue weighted by molar-refractivity contribution is 6.53. The molecule has 174 valence electrons. The molecule has 0 aromatic heterocycles. The number of non-ortho nitro benzene ring substituents is 1. The molecule has 0 unspecified atom stereocenters. The first-order valence-corrected chi connectivity index (χ1v) is 10.8. The molecule has 2 N–H and O–H groups in total. The Morgan fingerprint density at radius 1 is 1.18 bits per heavy atom. The molecule has 4 atom stereocenters. The van der Waals surface area contributed by atoms with E-state index in [0.29, 0.717) is 11.0 Å². The summed E-state index contributed by atoms with van der Waals surface area (Å²) in [6.07, 6.45) is -0.289. The largest absolute Gasteiger partial charge is 0.505 e. The molecule has 11 heteroatoms. The summed E-state index contributed by atoms with van der Waals surface area (Å²) in [7, 11) is -1.34. The molecular weight excluding hydrogens is 446 g/mol. The van der Waals surface area contributed by atoms with Crippen LogP contribution < -0.4 is 4.90 Å². The van der Waals surface area contributed by atoms with E-state index in [0.717, 1.165) is 16.5 Å². The van der Waals surface area contributed by atoms with Gasteiger partial charge in [0.15, 0.2) is 11.6 Å². The van der Waals surface area contributed by atoms with Crippen LogP contribution in [-0.4, -0.2) is 34.0 Å². The van der Waals surface area contributed by atoms with Crippen molar-refractivity contribution in [2.45, 2.75) is 25.9 Å². The van der Waals surface area contributed by atoms with Gasteiger partial charge in [-0.3, -0.25) is 19.7 Å². The molecule has 2 saturated heterocycles. The van der Waals surface area contributed by atoms with E-state index in [1.165, 1.54) is 36.4 Å². The summed E-state index contributed by atoms with van der Waals surface area (Å²) in [6.45, 7) is 1.78. The number of hydrogen-bond donors (Lipinski definition) is 2. The van der Waals surface area contributed by atoms with Crippen molar-refractivity contribution in [2.24, 2.45) is 17.8 Å². The van der Waals surface area contributed by atoms with E-state index >= 15 is 0 Å². The van der Waals surface area contributed by atoms with E-state index < -0.39 is 59.3 Å². The minimum Gasteiger partial charge on any atom is -0.505 e. The first-order chi connectivity index (χ1) is 16.2. The van der Waals surface area contributed by atoms with Crippen molar-refractivity contribution < 1.29 is 33.7 Å². The van der Waals surface area contributed by atoms with Gasteiger partial charge in [0.05, 0.1) is 28.6 Å². The summed E-state index contributed by atoms with van der Waals surface area (Å²) in [5, 5.41) is 31.5. The minimum absolute atomic E-state index is 0.127. The van der Waals surface area contributed by atoms with Gasteiger partial charge in [0, 0.05) is 12.1 Å². The average Bonchev–Trinajstić information content (AvgIpc) is 3.05. The first kappa shape index (κ1) is 22.2. The van der Waals surface area contributed by atoms with Gasteiger partial charge in [-0.2, -0.15) is 0 Å². The Hall–Kier alpha value is -3.57. The number of fused-ring (bicyclic) bond motifs is 3. The number of amides is 2. The van der Waals surface area contributed by atoms with E-state index in [1.807, 2.05) is 0 Å². The van der Waals surface area contributed by atoms with E-state index in [-0.39, 0.29) is 24.2 Å². The monoisotopic (exact) mass is 466 g/mol. The number of nitro groups is 1. The molecule has 34 heavy (non-hydrogen) atoms. The van der Waals surface area contributed by atoms with E-state index in [4.69, 9.17) is 4.65 Å². The summed E-state index contributed by atoms with van der Waals surface area (Å²) in [5.74, 6) is -4.28. The third-order valence-electron chi connectivity index (χ3n) is 7.00. The van der Waals surface area contributed by atoms with E-state index in [1.54, 1.807) is 6.92 Å². The number of carbonyl (C=O) groups excluding carboxylic acids is 2. The van der Waals surface area contributed by atoms with Crippen molar-refractivity contribution >= 4 is 30.3 Å². The van der Waals surface area contributed by atoms with Gasteiger partial charge in [0.2, 0.25) is 11.8 Å². The number of benzene rings is 2. The molecule has 1 aliphatic carbocycles. The van der Waals surface area contributed by atoms with Gasteiger partial charge in [-0.05, 0) is 54.9 Å². The highest BCUT2D eigenvalue weighted by Crippen LogP contribution is 2.52. The lowest BCUT2D eigenvalue weighted by Crippen LogP contribution is -2.44. The fraction of sp³-hybridized carbons (Fsp3) is 0.304. The van der Waals surface area contributed by atoms with Crippen molar-refractivity contribution in [1.82, 2.24) is 0 Å². The summed E-state index contributed by atoms with van der Waals surface area (Å²) in [6, 6.07) is 9.15. The number of imide groups is 1. The van der Waals surface area contributed by atoms with Crippen molar-refractivity contribution in [1.29, 1.82) is 0 Å². The molecule has 2 fully saturated rings. The van der Waals surface area contributed by atoms with Crippen LogP contribution in [0.15, 0.2) is 53.5 Å². The van der Waals surface area contributed by atoms with Crippen LogP contribution in [0, 0.1) is 33.7 Å². The summed E-state index contributed by atoms with van der Waals surface area (Å²) < 4.78 is 19.7. The molecule has 5 rings (SSSR count). The maximum atomic E-state index is 14.0. The topological polar surface area (TPSA) is 130 Å². The van der Waals surface area contributed by atoms with Gasteiger partial charge in [0.25, 0.3) is 5.69 Å². The van der Waals surface area contributed by atoms with Crippen LogP contribution in [0.1, 0.15) is 31.4 Å². The van der Waals surface area contributed by atoms with Crippen LogP contribution in [0.5, 0.6) is 5.75 Å². The fourth-order valence-corrected chi connectivity index (χ4v) is 5.49. The predicted octanol–water partition coefficient (Wildman–Crippen LogP) is 3.06. The number of phenolic OH excluding ortho intramolecular Hbond substituents is 1. The Morgan fingerprint density at radius 2 is 1.94 bits per heavy atom. The number of halogens is 1. The van der Waals surface area contributed by atoms with E-state index in [2.05, 4.69) is 0 Å². The number of carbonyl (C=O) groups is 2. The summed E-state index contributed by atoms with van der Waals surface area (Å²) in [4.78, 5) is 38.4. The van der Waals surface area contributed by atoms with Crippen LogP contribution in [0.4, 0.5) is 15.8 Å². The van der Waals surface area contributed by atoms with Gasteiger partial charge in [0.1, 0.15) is 0 Å². The number of rotatable bonds is 3. The molecule has 2 aliphatic heterocycles. The first-order valence-electron chi connectivity index (χ1n) is 10.8. The number of anilines is 1. The SMILES string of the molecule is CC1=C2B(O)O[C@H](c3ccc(O)c(F)c3)C[C@H]2[C@H]2C(=O)N(c3cccc([N+](=O)[O-])c3)C(=O)[C@H]2C1. The number of nitrogens with zero attached hydrogens (tertiary/aromatic N) is 2. The van der Waals surface area contributed by atoms with Gasteiger partial charge in [-0.25, -0.2) is 9.29 Å². The van der Waals surface area contributed by atoms with Gasteiger partial charge in [-0.1, -0.05) is 17.7 Å². The zero-order valence-corrected chi connectivity index (χ0v) is 18.1. The normalized spacial score (nSPS) is 26.6. The number of nitro benzene ring substituents is 1. The van der Waals surface area contributed by atoms with Crippen LogP contribution in [0.2, 0.25) is 0 Å². The molecule has 2 amide bonds. The predicted molar refractivity (Wildman–Crippen MR) is 118 cm³/mol. The second-order valence-corrected chi connectivity index (χ2v) is 8.89. The smallest absolute Gasteiger partial charge is 0.487 e. The molecule has 9 nitrogen and oxygen atoms in total. The highest BCUT2D eigenvalue weighted by atomic mass is 19.1. The number of hydrogen-bond acceptors (Lipinski definition) is 7. The van der Waals surface area contributed by atoms with Crippen molar-refractivity contribution in [3.63, 3.8) is 0 Å². The number of phenols is 1. The quantitative estimate of drug-likeness (QED) is 0.308. The lowest BCUT2D eigenvalue weighted by atomic mass is 9.55. The Bertz CT molecular complexity index is 1270. The molecule has 3 aliphatic rings. The van der Waals surface area contributed by atoms with Gasteiger partial charge >= 0.3 is 7.12 Å². The zero-order valence-electron chi connectivity index (χ0n) is 18.1. The maximum absolute atomic E-state index is 14.0. The van der Waals surface area contributed by atoms with Crippen molar-refractivity contribution in [3.05, 3.63) is 75.0 Å². The molecule has 2 aromatic rings. The van der Waals surface area contributed by atoms with E-state index in [9.17, 15) is 34.2 Å². The lowest BCUT2D eigenvalue weighted by molar-refractivity contribution is -0.384. The van der Waals surface area contributed by atoms with Crippen LogP contribution in [0.3, 0.4) is 0 Å². The molecule has 2 aromatic carbocycles. The molecule has 0 bridgehead atoms. The minimum atomic E-state index is -1.34. The Balaban J connectivity index is 1.52. The number of allylic oxidation sites excluding steroid dienone is 2. The maximum Gasteiger partial charge on any atom is 0.487 e. The van der Waals surface area contributed by atoms with Crippen LogP contribution >= 0.6 is 0 Å². The Kier molecular flexibility index (Phi) is 5.25. The molecule has 0 saturated carbocycles. The molecule has 0 spiro atoms. The summed E-state index contributed by atoms with van der Waals surface area (Å²) in [5.41, 5.74) is 1.57. The number of aromatic hydroxyl groups is 1. The van der Waals surface area contributed by atoms with Crippen molar-refractivity contribution in [2.75, 3.05) is 4.90 Å². The second-order valence-electron chi connectivity index (χ2n) is 8.89. The third-order valence-corrected chi connectivity index (χ3v) is 7.00. The van der Waals surface area contributed by atoms with Gasteiger partial charge < -0.3 is 14.8 Å². The van der Waals surface area contributed by atoms with Crippen molar-refractivity contribution in [3.8, 4) is 5.75 Å². The fourth-order valence-electron chi connectivity index (χ4n) is 5.49.